The molecule has 4 heterocycles. The number of hydrogen-bond acceptors (Lipinski definition) is 7. The third-order valence-corrected chi connectivity index (χ3v) is 7.17. The first-order chi connectivity index (χ1) is 17.3. The van der Waals surface area contributed by atoms with E-state index in [-0.39, 0.29) is 60.7 Å². The fourth-order valence-electron chi connectivity index (χ4n) is 4.39. The number of alkyl halides is 6. The van der Waals surface area contributed by atoms with Gasteiger partial charge < -0.3 is 19.7 Å². The van der Waals surface area contributed by atoms with Gasteiger partial charge in [0.1, 0.15) is 12.2 Å². The van der Waals surface area contributed by atoms with E-state index in [1.165, 1.54) is 22.2 Å². The molecule has 1 atom stereocenters. The lowest BCUT2D eigenvalue weighted by atomic mass is 10.1. The normalized spacial score (nSPS) is 19.9. The molecule has 8 nitrogen and oxygen atoms in total. The molecule has 0 aromatic carbocycles. The van der Waals surface area contributed by atoms with Gasteiger partial charge in [-0.2, -0.15) is 26.3 Å². The Morgan fingerprint density at radius 1 is 1.11 bits per heavy atom. The Morgan fingerprint density at radius 2 is 1.78 bits per heavy atom. The number of nitrogens with one attached hydrogen (secondary N) is 1. The van der Waals surface area contributed by atoms with Crippen LogP contribution in [0.25, 0.3) is 10.2 Å². The van der Waals surface area contributed by atoms with Crippen LogP contribution in [0, 0.1) is 0 Å². The molecule has 2 aliphatic rings. The first-order valence-corrected chi connectivity index (χ1v) is 12.3. The predicted octanol–water partition coefficient (Wildman–Crippen LogP) is 4.29. The summed E-state index contributed by atoms with van der Waals surface area (Å²) in [6.45, 7) is -0.495. The lowest BCUT2D eigenvalue weighted by molar-refractivity contribution is -0.144. The molecule has 2 aromatic heterocycles. The first-order valence-electron chi connectivity index (χ1n) is 11.5. The lowest BCUT2D eigenvalue weighted by Gasteiger charge is -2.32. The summed E-state index contributed by atoms with van der Waals surface area (Å²) >= 11 is 0.769. The molecule has 15 heteroatoms. The minimum atomic E-state index is -4.69. The number of halogens is 6. The number of hydrogen-bond donors (Lipinski definition) is 1. The van der Waals surface area contributed by atoms with Crippen LogP contribution in [0.5, 0.6) is 5.88 Å². The van der Waals surface area contributed by atoms with Crippen LogP contribution in [0.4, 0.5) is 31.1 Å². The molecule has 2 fully saturated rings. The fraction of sp³-hybridized carbons (Fsp3) is 0.591. The number of amides is 2. The van der Waals surface area contributed by atoms with Crippen molar-refractivity contribution >= 4 is 33.6 Å². The van der Waals surface area contributed by atoms with Crippen molar-refractivity contribution in [2.24, 2.45) is 0 Å². The predicted molar refractivity (Wildman–Crippen MR) is 121 cm³/mol. The highest BCUT2D eigenvalue weighted by molar-refractivity contribution is 7.17. The Balaban J connectivity index is 1.36. The Bertz CT molecular complexity index is 1150. The second-order valence-corrected chi connectivity index (χ2v) is 9.74. The van der Waals surface area contributed by atoms with E-state index in [0.717, 1.165) is 17.4 Å². The van der Waals surface area contributed by atoms with Gasteiger partial charge in [0, 0.05) is 57.5 Å². The van der Waals surface area contributed by atoms with Crippen LogP contribution in [-0.4, -0.2) is 84.9 Å². The lowest BCUT2D eigenvalue weighted by Crippen LogP contribution is -2.43. The van der Waals surface area contributed by atoms with Gasteiger partial charge in [-0.1, -0.05) is 0 Å². The number of likely N-dealkylation sites (tertiary alicyclic amines) is 2. The van der Waals surface area contributed by atoms with Crippen LogP contribution in [0.3, 0.4) is 0 Å². The molecule has 1 N–H and O–H groups in total. The number of rotatable bonds is 5. The van der Waals surface area contributed by atoms with Gasteiger partial charge >= 0.3 is 18.4 Å². The Hall–Kier alpha value is -2.81. The van der Waals surface area contributed by atoms with Crippen molar-refractivity contribution in [3.8, 4) is 5.88 Å². The molecule has 1 unspecified atom stereocenters. The summed E-state index contributed by atoms with van der Waals surface area (Å²) < 4.78 is 89.6. The highest BCUT2D eigenvalue weighted by Gasteiger charge is 2.37. The average Bonchev–Trinajstić information content (AvgIpc) is 3.43. The van der Waals surface area contributed by atoms with Crippen molar-refractivity contribution in [2.75, 3.05) is 39.8 Å². The number of nitrogens with zero attached hydrogens (tertiary/aromatic N) is 3. The van der Waals surface area contributed by atoms with E-state index in [4.69, 9.17) is 9.47 Å². The zero-order chi connectivity index (χ0) is 27.0. The van der Waals surface area contributed by atoms with Gasteiger partial charge in [0.2, 0.25) is 5.88 Å². The minimum Gasteiger partial charge on any atom is -0.474 e. The van der Waals surface area contributed by atoms with Crippen LogP contribution in [0.15, 0.2) is 11.4 Å². The number of piperidine rings is 1. The molecule has 0 spiro atoms. The van der Waals surface area contributed by atoms with Crippen LogP contribution < -0.4 is 10.1 Å². The van der Waals surface area contributed by atoms with Crippen molar-refractivity contribution in [2.45, 2.75) is 43.8 Å². The molecule has 2 aliphatic heterocycles. The van der Waals surface area contributed by atoms with E-state index in [9.17, 15) is 35.9 Å². The van der Waals surface area contributed by atoms with E-state index >= 15 is 0 Å². The minimum absolute atomic E-state index is 0.00113. The molecule has 37 heavy (non-hydrogen) atoms. The third-order valence-electron chi connectivity index (χ3n) is 6.16. The number of aromatic nitrogens is 1. The topological polar surface area (TPSA) is 84.0 Å². The van der Waals surface area contributed by atoms with Gasteiger partial charge in [-0.15, -0.1) is 11.3 Å². The molecule has 4 rings (SSSR count). The van der Waals surface area contributed by atoms with Crippen molar-refractivity contribution in [1.29, 1.82) is 0 Å². The molecule has 204 valence electrons. The standard InChI is InChI=1S/C22H24F6N4O4S/c1-29-19(33)14-10-37-18-15(22(26,27)28)8-16(30-17(14)18)35-12-3-6-32(7-4-12)20(34)36-13-2-5-31(9-13)11-21(23,24)25/h8,10,12-13H,2-7,9,11H2,1H3,(H,29,33). The first kappa shape index (κ1) is 27.2. The summed E-state index contributed by atoms with van der Waals surface area (Å²) in [5.41, 5.74) is -1.05. The maximum absolute atomic E-state index is 13.7. The number of ether oxygens (including phenoxy) is 2. The van der Waals surface area contributed by atoms with Crippen LogP contribution in [0.2, 0.25) is 0 Å². The van der Waals surface area contributed by atoms with Crippen LogP contribution in [0.1, 0.15) is 35.2 Å². The molecule has 0 bridgehead atoms. The Labute approximate surface area is 211 Å². The van der Waals surface area contributed by atoms with Crippen LogP contribution >= 0.6 is 11.3 Å². The summed E-state index contributed by atoms with van der Waals surface area (Å²) in [6.07, 6.45) is -9.96. The van der Waals surface area contributed by atoms with Crippen molar-refractivity contribution in [3.63, 3.8) is 0 Å². The summed E-state index contributed by atoms with van der Waals surface area (Å²) in [5, 5.41) is 3.69. The fourth-order valence-corrected chi connectivity index (χ4v) is 5.41. The molecule has 2 aromatic rings. The van der Waals surface area contributed by atoms with Gasteiger partial charge in [-0.05, 0) is 6.42 Å². The molecule has 2 amide bonds. The Kier molecular flexibility index (Phi) is 7.74. The number of carbonyl (C=O) groups is 2. The second kappa shape index (κ2) is 10.5. The van der Waals surface area contributed by atoms with Gasteiger partial charge in [-0.3, -0.25) is 9.69 Å². The zero-order valence-corrected chi connectivity index (χ0v) is 20.4. The van der Waals surface area contributed by atoms with Gasteiger partial charge in [0.05, 0.1) is 27.9 Å². The maximum atomic E-state index is 13.7. The number of thiophene rings is 1. The van der Waals surface area contributed by atoms with E-state index in [1.807, 2.05) is 0 Å². The van der Waals surface area contributed by atoms with E-state index < -0.39 is 48.7 Å². The zero-order valence-electron chi connectivity index (χ0n) is 19.6. The van der Waals surface area contributed by atoms with Crippen molar-refractivity contribution < 1.29 is 45.4 Å². The van der Waals surface area contributed by atoms with Crippen LogP contribution in [-0.2, 0) is 10.9 Å². The van der Waals surface area contributed by atoms with E-state index in [2.05, 4.69) is 10.3 Å². The highest BCUT2D eigenvalue weighted by Crippen LogP contribution is 2.40. The van der Waals surface area contributed by atoms with Gasteiger partial charge in [0.15, 0.2) is 0 Å². The smallest absolute Gasteiger partial charge is 0.418 e. The summed E-state index contributed by atoms with van der Waals surface area (Å²) in [5.74, 6) is -0.847. The Morgan fingerprint density at radius 3 is 2.41 bits per heavy atom. The van der Waals surface area contributed by atoms with Crippen molar-refractivity contribution in [1.82, 2.24) is 20.1 Å². The molecular weight excluding hydrogens is 530 g/mol. The molecular formula is C22H24F6N4O4S. The SMILES string of the molecule is CNC(=O)c1csc2c(C(F)(F)F)cc(OC3CCN(C(=O)OC4CCN(CC(F)(F)F)C4)CC3)nc12. The van der Waals surface area contributed by atoms with Gasteiger partial charge in [-0.25, -0.2) is 9.78 Å². The monoisotopic (exact) mass is 554 g/mol. The summed E-state index contributed by atoms with van der Waals surface area (Å²) in [7, 11) is 1.36. The number of pyridine rings is 1. The molecule has 2 saturated heterocycles. The number of carbonyl (C=O) groups excluding carboxylic acids is 2. The largest absolute Gasteiger partial charge is 0.474 e. The molecule has 0 saturated carbocycles. The second-order valence-electron chi connectivity index (χ2n) is 8.86. The third kappa shape index (κ3) is 6.55. The maximum Gasteiger partial charge on any atom is 0.418 e. The number of fused-ring (bicyclic) bond motifs is 1. The molecule has 0 aliphatic carbocycles. The average molecular weight is 555 g/mol. The molecule has 0 radical (unpaired) electrons. The van der Waals surface area contributed by atoms with Gasteiger partial charge in [0.25, 0.3) is 5.91 Å². The quantitative estimate of drug-likeness (QED) is 0.556. The van der Waals surface area contributed by atoms with E-state index in [1.54, 1.807) is 0 Å². The van der Waals surface area contributed by atoms with E-state index in [0.29, 0.717) is 6.42 Å². The summed E-state index contributed by atoms with van der Waals surface area (Å²) in [6, 6.07) is 0.805. The summed E-state index contributed by atoms with van der Waals surface area (Å²) in [4.78, 5) is 31.3. The highest BCUT2D eigenvalue weighted by atomic mass is 32.1. The van der Waals surface area contributed by atoms with Crippen molar-refractivity contribution in [3.05, 3.63) is 22.6 Å².